The van der Waals surface area contributed by atoms with Gasteiger partial charge in [-0.05, 0) is 12.1 Å². The van der Waals surface area contributed by atoms with Crippen molar-refractivity contribution in [2.24, 2.45) is 0 Å². The SMILES string of the molecule is Nc1[nH]ncc1CNC(=O)c1ccccc1OC(F)F. The van der Waals surface area contributed by atoms with E-state index in [-0.39, 0.29) is 17.9 Å². The zero-order chi connectivity index (χ0) is 14.5. The maximum absolute atomic E-state index is 12.2. The number of anilines is 1. The average molecular weight is 282 g/mol. The van der Waals surface area contributed by atoms with Crippen molar-refractivity contribution in [1.29, 1.82) is 0 Å². The number of ether oxygens (including phenoxy) is 1. The van der Waals surface area contributed by atoms with Crippen LogP contribution in [0.1, 0.15) is 15.9 Å². The predicted molar refractivity (Wildman–Crippen MR) is 67.2 cm³/mol. The number of nitrogen functional groups attached to an aromatic ring is 1. The molecule has 20 heavy (non-hydrogen) atoms. The van der Waals surface area contributed by atoms with Crippen molar-refractivity contribution < 1.29 is 18.3 Å². The molecule has 6 nitrogen and oxygen atoms in total. The number of aromatic amines is 1. The van der Waals surface area contributed by atoms with Gasteiger partial charge in [0.15, 0.2) is 0 Å². The van der Waals surface area contributed by atoms with Crippen molar-refractivity contribution >= 4 is 11.7 Å². The standard InChI is InChI=1S/C12H12F2N4O2/c13-12(14)20-9-4-2-1-3-8(9)11(19)16-5-7-6-17-18-10(7)15/h1-4,6,12H,5H2,(H,16,19)(H3,15,17,18). The highest BCUT2D eigenvalue weighted by Crippen LogP contribution is 2.20. The van der Waals surface area contributed by atoms with E-state index in [4.69, 9.17) is 5.73 Å². The first kappa shape index (κ1) is 13.8. The fourth-order valence-corrected chi connectivity index (χ4v) is 1.59. The number of alkyl halides is 2. The number of H-pyrrole nitrogens is 1. The van der Waals surface area contributed by atoms with Crippen LogP contribution in [0.5, 0.6) is 5.75 Å². The molecule has 1 amide bonds. The van der Waals surface area contributed by atoms with Gasteiger partial charge < -0.3 is 15.8 Å². The molecule has 2 rings (SSSR count). The number of hydrogen-bond donors (Lipinski definition) is 3. The van der Waals surface area contributed by atoms with Crippen LogP contribution < -0.4 is 15.8 Å². The molecule has 0 unspecified atom stereocenters. The molecule has 0 saturated heterocycles. The van der Waals surface area contributed by atoms with Gasteiger partial charge in [-0.2, -0.15) is 13.9 Å². The first-order valence-electron chi connectivity index (χ1n) is 5.67. The summed E-state index contributed by atoms with van der Waals surface area (Å²) >= 11 is 0. The van der Waals surface area contributed by atoms with Crippen molar-refractivity contribution in [3.8, 4) is 5.75 Å². The Morgan fingerprint density at radius 1 is 1.45 bits per heavy atom. The molecule has 0 bridgehead atoms. The van der Waals surface area contributed by atoms with E-state index in [0.717, 1.165) is 0 Å². The Bertz CT molecular complexity index is 601. The number of benzene rings is 1. The Morgan fingerprint density at radius 3 is 2.85 bits per heavy atom. The molecule has 0 aliphatic rings. The number of aromatic nitrogens is 2. The highest BCUT2D eigenvalue weighted by atomic mass is 19.3. The van der Waals surface area contributed by atoms with Gasteiger partial charge in [-0.25, -0.2) is 0 Å². The first-order chi connectivity index (χ1) is 9.58. The molecule has 1 aromatic heterocycles. The molecule has 0 spiro atoms. The summed E-state index contributed by atoms with van der Waals surface area (Å²) in [5.41, 5.74) is 6.19. The van der Waals surface area contributed by atoms with Crippen LogP contribution in [0.4, 0.5) is 14.6 Å². The second-order valence-electron chi connectivity index (χ2n) is 3.87. The van der Waals surface area contributed by atoms with Gasteiger partial charge in [0.1, 0.15) is 11.6 Å². The van der Waals surface area contributed by atoms with Gasteiger partial charge in [0.05, 0.1) is 11.8 Å². The largest absolute Gasteiger partial charge is 0.434 e. The number of hydrogen-bond acceptors (Lipinski definition) is 4. The van der Waals surface area contributed by atoms with Crippen LogP contribution in [0.3, 0.4) is 0 Å². The number of rotatable bonds is 5. The second kappa shape index (κ2) is 6.00. The fraction of sp³-hybridized carbons (Fsp3) is 0.167. The van der Waals surface area contributed by atoms with Gasteiger partial charge in [-0.1, -0.05) is 12.1 Å². The van der Waals surface area contributed by atoms with Gasteiger partial charge in [-0.15, -0.1) is 0 Å². The van der Waals surface area contributed by atoms with Crippen LogP contribution in [0.2, 0.25) is 0 Å². The molecule has 0 aliphatic heterocycles. The lowest BCUT2D eigenvalue weighted by Gasteiger charge is -2.10. The predicted octanol–water partition coefficient (Wildman–Crippen LogP) is 1.52. The van der Waals surface area contributed by atoms with Crippen molar-refractivity contribution in [3.05, 3.63) is 41.6 Å². The number of nitrogens with zero attached hydrogens (tertiary/aromatic N) is 1. The van der Waals surface area contributed by atoms with E-state index in [2.05, 4.69) is 20.3 Å². The summed E-state index contributed by atoms with van der Waals surface area (Å²) in [6.07, 6.45) is 1.47. The Balaban J connectivity index is 2.07. The third-order valence-corrected chi connectivity index (χ3v) is 2.54. The zero-order valence-corrected chi connectivity index (χ0v) is 10.3. The molecule has 0 atom stereocenters. The van der Waals surface area contributed by atoms with Crippen LogP contribution in [-0.4, -0.2) is 22.7 Å². The molecule has 4 N–H and O–H groups in total. The van der Waals surface area contributed by atoms with E-state index < -0.39 is 12.5 Å². The number of amides is 1. The lowest BCUT2D eigenvalue weighted by Crippen LogP contribution is -2.24. The minimum Gasteiger partial charge on any atom is -0.434 e. The van der Waals surface area contributed by atoms with E-state index in [9.17, 15) is 13.6 Å². The number of nitrogens with two attached hydrogens (primary N) is 1. The van der Waals surface area contributed by atoms with Crippen LogP contribution in [-0.2, 0) is 6.54 Å². The highest BCUT2D eigenvalue weighted by Gasteiger charge is 2.15. The summed E-state index contributed by atoms with van der Waals surface area (Å²) in [5, 5.41) is 8.78. The summed E-state index contributed by atoms with van der Waals surface area (Å²) in [6.45, 7) is -2.86. The monoisotopic (exact) mass is 282 g/mol. The Labute approximate surface area is 112 Å². The van der Waals surface area contributed by atoms with Crippen molar-refractivity contribution in [3.63, 3.8) is 0 Å². The quantitative estimate of drug-likeness (QED) is 0.775. The topological polar surface area (TPSA) is 93.0 Å². The molecule has 8 heteroatoms. The molecule has 106 valence electrons. The Kier molecular flexibility index (Phi) is 4.14. The van der Waals surface area contributed by atoms with E-state index >= 15 is 0 Å². The van der Waals surface area contributed by atoms with Crippen LogP contribution in [0, 0.1) is 0 Å². The lowest BCUT2D eigenvalue weighted by molar-refractivity contribution is -0.0501. The van der Waals surface area contributed by atoms with Gasteiger partial charge in [-0.3, -0.25) is 9.89 Å². The number of halogens is 2. The molecular weight excluding hydrogens is 270 g/mol. The number of para-hydroxylation sites is 1. The summed E-state index contributed by atoms with van der Waals surface area (Å²) < 4.78 is 28.8. The van der Waals surface area contributed by atoms with E-state index in [0.29, 0.717) is 11.4 Å². The number of carbonyl (C=O) groups is 1. The third-order valence-electron chi connectivity index (χ3n) is 2.54. The van der Waals surface area contributed by atoms with E-state index in [1.54, 1.807) is 6.07 Å². The Morgan fingerprint density at radius 2 is 2.20 bits per heavy atom. The molecule has 0 saturated carbocycles. The molecule has 1 aromatic carbocycles. The highest BCUT2D eigenvalue weighted by molar-refractivity contribution is 5.96. The van der Waals surface area contributed by atoms with Crippen molar-refractivity contribution in [2.75, 3.05) is 5.73 Å². The number of carbonyl (C=O) groups excluding carboxylic acids is 1. The second-order valence-corrected chi connectivity index (χ2v) is 3.87. The average Bonchev–Trinajstić information content (AvgIpc) is 2.81. The Hall–Kier alpha value is -2.64. The summed E-state index contributed by atoms with van der Waals surface area (Å²) in [4.78, 5) is 11.9. The molecule has 0 fully saturated rings. The van der Waals surface area contributed by atoms with Crippen LogP contribution in [0.25, 0.3) is 0 Å². The molecular formula is C12H12F2N4O2. The zero-order valence-electron chi connectivity index (χ0n) is 10.3. The lowest BCUT2D eigenvalue weighted by atomic mass is 10.2. The number of nitrogens with one attached hydrogen (secondary N) is 2. The van der Waals surface area contributed by atoms with Crippen molar-refractivity contribution in [2.45, 2.75) is 13.2 Å². The maximum Gasteiger partial charge on any atom is 0.387 e. The van der Waals surface area contributed by atoms with Gasteiger partial charge in [0.25, 0.3) is 5.91 Å². The molecule has 0 radical (unpaired) electrons. The van der Waals surface area contributed by atoms with Crippen LogP contribution in [0.15, 0.2) is 30.5 Å². The smallest absolute Gasteiger partial charge is 0.387 e. The normalized spacial score (nSPS) is 10.6. The summed E-state index contributed by atoms with van der Waals surface area (Å²) in [5.74, 6) is -0.385. The van der Waals surface area contributed by atoms with Gasteiger partial charge in [0, 0.05) is 12.1 Å². The van der Waals surface area contributed by atoms with Crippen molar-refractivity contribution in [1.82, 2.24) is 15.5 Å². The minimum atomic E-state index is -2.99. The van der Waals surface area contributed by atoms with Gasteiger partial charge in [0.2, 0.25) is 0 Å². The summed E-state index contributed by atoms with van der Waals surface area (Å²) in [7, 11) is 0. The molecule has 1 heterocycles. The molecule has 0 aliphatic carbocycles. The van der Waals surface area contributed by atoms with E-state index in [1.807, 2.05) is 0 Å². The molecule has 2 aromatic rings. The van der Waals surface area contributed by atoms with E-state index in [1.165, 1.54) is 24.4 Å². The van der Waals surface area contributed by atoms with Crippen LogP contribution >= 0.6 is 0 Å². The van der Waals surface area contributed by atoms with Gasteiger partial charge >= 0.3 is 6.61 Å². The third kappa shape index (κ3) is 3.22. The summed E-state index contributed by atoms with van der Waals surface area (Å²) in [6, 6.07) is 5.75. The maximum atomic E-state index is 12.2. The minimum absolute atomic E-state index is 0.0230. The first-order valence-corrected chi connectivity index (χ1v) is 5.67. The fourth-order valence-electron chi connectivity index (χ4n) is 1.59.